The average Bonchev–Trinajstić information content (AvgIpc) is 3.22. The van der Waals surface area contributed by atoms with Gasteiger partial charge >= 0.3 is 5.97 Å². The van der Waals surface area contributed by atoms with Gasteiger partial charge in [0.2, 0.25) is 0 Å². The number of carboxylic acid groups (broad SMARTS) is 1. The van der Waals surface area contributed by atoms with Crippen LogP contribution in [0.1, 0.15) is 28.0 Å². The van der Waals surface area contributed by atoms with Gasteiger partial charge < -0.3 is 10.0 Å². The Labute approximate surface area is 193 Å². The molecular weight excluding hydrogens is 433 g/mol. The number of halogens is 1. The molecule has 8 heteroatoms. The number of nitrogens with zero attached hydrogens (tertiary/aromatic N) is 4. The van der Waals surface area contributed by atoms with Crippen LogP contribution in [0.25, 0.3) is 33.2 Å². The lowest BCUT2D eigenvalue weighted by atomic mass is 10.0. The third-order valence-electron chi connectivity index (χ3n) is 6.34. The molecule has 2 N–H and O–H groups in total. The van der Waals surface area contributed by atoms with Crippen LogP contribution < -0.4 is 4.90 Å². The number of aromatic nitrogens is 4. The highest BCUT2D eigenvalue weighted by atomic mass is 19.1. The van der Waals surface area contributed by atoms with Crippen LogP contribution in [0, 0.1) is 12.7 Å². The number of aromatic carboxylic acids is 1. The van der Waals surface area contributed by atoms with Crippen LogP contribution >= 0.6 is 0 Å². The van der Waals surface area contributed by atoms with Crippen LogP contribution in [0.3, 0.4) is 0 Å². The Morgan fingerprint density at radius 2 is 1.94 bits per heavy atom. The fraction of sp³-hybridized carbons (Fsp3) is 0.154. The first kappa shape index (κ1) is 20.3. The number of nitrogens with one attached hydrogen (secondary N) is 1. The second kappa shape index (κ2) is 7.62. The molecule has 34 heavy (non-hydrogen) atoms. The van der Waals surface area contributed by atoms with E-state index in [4.69, 9.17) is 9.97 Å². The van der Waals surface area contributed by atoms with Crippen LogP contribution in [0.5, 0.6) is 0 Å². The summed E-state index contributed by atoms with van der Waals surface area (Å²) in [5, 5.41) is 17.8. The predicted octanol–water partition coefficient (Wildman–Crippen LogP) is 5.40. The summed E-state index contributed by atoms with van der Waals surface area (Å²) >= 11 is 0. The van der Waals surface area contributed by atoms with Crippen molar-refractivity contribution in [2.75, 3.05) is 11.4 Å². The van der Waals surface area contributed by atoms with Gasteiger partial charge in [-0.15, -0.1) is 0 Å². The van der Waals surface area contributed by atoms with Gasteiger partial charge in [0.05, 0.1) is 27.8 Å². The van der Waals surface area contributed by atoms with Gasteiger partial charge in [0.15, 0.2) is 5.82 Å². The van der Waals surface area contributed by atoms with E-state index in [-0.39, 0.29) is 11.4 Å². The van der Waals surface area contributed by atoms with Crippen LogP contribution in [-0.4, -0.2) is 37.8 Å². The maximum absolute atomic E-state index is 13.9. The molecule has 1 aliphatic heterocycles. The first-order valence-electron chi connectivity index (χ1n) is 11.0. The minimum Gasteiger partial charge on any atom is -0.478 e. The molecule has 0 saturated heterocycles. The van der Waals surface area contributed by atoms with Gasteiger partial charge in [0.1, 0.15) is 11.5 Å². The summed E-state index contributed by atoms with van der Waals surface area (Å²) in [5.74, 6) is -0.672. The van der Waals surface area contributed by atoms with Gasteiger partial charge in [-0.3, -0.25) is 5.10 Å². The van der Waals surface area contributed by atoms with E-state index >= 15 is 0 Å². The molecule has 5 aromatic rings. The number of aryl methyl sites for hydroxylation is 2. The minimum absolute atomic E-state index is 0.150. The topological polar surface area (TPSA) is 95.0 Å². The van der Waals surface area contributed by atoms with Crippen molar-refractivity contribution < 1.29 is 14.3 Å². The molecule has 3 heterocycles. The number of carbonyl (C=O) groups is 1. The van der Waals surface area contributed by atoms with Crippen molar-refractivity contribution in [3.63, 3.8) is 0 Å². The molecule has 2 aromatic heterocycles. The third kappa shape index (κ3) is 3.26. The molecule has 0 spiro atoms. The van der Waals surface area contributed by atoms with Crippen LogP contribution in [0.2, 0.25) is 0 Å². The summed E-state index contributed by atoms with van der Waals surface area (Å²) in [6, 6.07) is 15.5. The number of aromatic amines is 1. The molecule has 0 bridgehead atoms. The molecule has 0 radical (unpaired) electrons. The number of fused-ring (bicyclic) bond motifs is 3. The maximum atomic E-state index is 13.9. The van der Waals surface area contributed by atoms with Crippen molar-refractivity contribution in [3.8, 4) is 11.3 Å². The highest BCUT2D eigenvalue weighted by Gasteiger charge is 2.25. The Morgan fingerprint density at radius 3 is 2.79 bits per heavy atom. The van der Waals surface area contributed by atoms with Gasteiger partial charge in [-0.2, -0.15) is 5.10 Å². The summed E-state index contributed by atoms with van der Waals surface area (Å²) in [7, 11) is 0. The smallest absolute Gasteiger partial charge is 0.335 e. The number of hydrogen-bond acceptors (Lipinski definition) is 5. The zero-order valence-electron chi connectivity index (χ0n) is 18.3. The van der Waals surface area contributed by atoms with E-state index in [0.29, 0.717) is 29.1 Å². The fourth-order valence-electron chi connectivity index (χ4n) is 4.64. The number of hydrogen-bond donors (Lipinski definition) is 2. The SMILES string of the molecule is Cc1n[nH]c2ccc(-c3nc4ccc(C(=O)O)cc4nc3N3CCCc4cc(F)ccc43)cc12. The summed E-state index contributed by atoms with van der Waals surface area (Å²) in [4.78, 5) is 23.4. The van der Waals surface area contributed by atoms with E-state index in [9.17, 15) is 14.3 Å². The third-order valence-corrected chi connectivity index (χ3v) is 6.34. The molecule has 0 fully saturated rings. The Kier molecular flexibility index (Phi) is 4.55. The average molecular weight is 453 g/mol. The number of H-pyrrole nitrogens is 1. The lowest BCUT2D eigenvalue weighted by Crippen LogP contribution is -2.26. The molecule has 0 atom stereocenters. The van der Waals surface area contributed by atoms with E-state index in [2.05, 4.69) is 15.1 Å². The van der Waals surface area contributed by atoms with Crippen molar-refractivity contribution >= 4 is 39.4 Å². The number of anilines is 2. The van der Waals surface area contributed by atoms with E-state index in [1.165, 1.54) is 18.2 Å². The normalized spacial score (nSPS) is 13.4. The molecule has 0 amide bonds. The second-order valence-electron chi connectivity index (χ2n) is 8.50. The quantitative estimate of drug-likeness (QED) is 0.380. The minimum atomic E-state index is -1.02. The van der Waals surface area contributed by atoms with E-state index in [1.54, 1.807) is 18.2 Å². The standard InChI is InChI=1S/C26H20FN5O2/c1-14-19-12-16(4-7-20(19)31-30-14)24-25(29-22-13-17(26(33)34)5-8-21(22)28-24)32-10-2-3-15-11-18(27)6-9-23(15)32/h4-9,11-13H,2-3,10H2,1H3,(H,30,31)(H,33,34). The lowest BCUT2D eigenvalue weighted by Gasteiger charge is -2.31. The van der Waals surface area contributed by atoms with Crippen molar-refractivity contribution in [1.82, 2.24) is 20.2 Å². The van der Waals surface area contributed by atoms with Crippen molar-refractivity contribution in [3.05, 3.63) is 77.2 Å². The van der Waals surface area contributed by atoms with Crippen molar-refractivity contribution in [2.24, 2.45) is 0 Å². The van der Waals surface area contributed by atoms with Crippen molar-refractivity contribution in [1.29, 1.82) is 0 Å². The largest absolute Gasteiger partial charge is 0.478 e. The van der Waals surface area contributed by atoms with Gasteiger partial charge in [-0.1, -0.05) is 6.07 Å². The molecule has 7 nitrogen and oxygen atoms in total. The van der Waals surface area contributed by atoms with E-state index in [0.717, 1.165) is 46.3 Å². The highest BCUT2D eigenvalue weighted by molar-refractivity contribution is 5.95. The van der Waals surface area contributed by atoms with E-state index < -0.39 is 5.97 Å². The molecule has 168 valence electrons. The van der Waals surface area contributed by atoms with Crippen LogP contribution in [-0.2, 0) is 6.42 Å². The molecule has 6 rings (SSSR count). The molecular formula is C26H20FN5O2. The van der Waals surface area contributed by atoms with Gasteiger partial charge in [-0.25, -0.2) is 19.2 Å². The molecule has 0 aliphatic carbocycles. The first-order chi connectivity index (χ1) is 16.5. The fourth-order valence-corrected chi connectivity index (χ4v) is 4.64. The van der Waals surface area contributed by atoms with Gasteiger partial charge in [0, 0.05) is 23.2 Å². The van der Waals surface area contributed by atoms with E-state index in [1.807, 2.05) is 25.1 Å². The Bertz CT molecular complexity index is 1610. The zero-order valence-corrected chi connectivity index (χ0v) is 18.3. The van der Waals surface area contributed by atoms with Crippen LogP contribution in [0.4, 0.5) is 15.9 Å². The molecule has 1 aliphatic rings. The Morgan fingerprint density at radius 1 is 1.06 bits per heavy atom. The molecule has 3 aromatic carbocycles. The predicted molar refractivity (Wildman–Crippen MR) is 128 cm³/mol. The maximum Gasteiger partial charge on any atom is 0.335 e. The molecule has 0 unspecified atom stereocenters. The van der Waals surface area contributed by atoms with Gasteiger partial charge in [-0.05, 0) is 73.9 Å². The summed E-state index contributed by atoms with van der Waals surface area (Å²) < 4.78 is 13.9. The highest BCUT2D eigenvalue weighted by Crippen LogP contribution is 2.39. The summed E-state index contributed by atoms with van der Waals surface area (Å²) in [6.07, 6.45) is 1.62. The number of rotatable bonds is 3. The number of benzene rings is 3. The summed E-state index contributed by atoms with van der Waals surface area (Å²) in [6.45, 7) is 2.63. The lowest BCUT2D eigenvalue weighted by molar-refractivity contribution is 0.0697. The second-order valence-corrected chi connectivity index (χ2v) is 8.50. The first-order valence-corrected chi connectivity index (χ1v) is 11.0. The Hall–Kier alpha value is -4.33. The Balaban J connectivity index is 1.62. The van der Waals surface area contributed by atoms with Crippen molar-refractivity contribution in [2.45, 2.75) is 19.8 Å². The zero-order chi connectivity index (χ0) is 23.4. The van der Waals surface area contributed by atoms with Crippen LogP contribution in [0.15, 0.2) is 54.6 Å². The molecule has 0 saturated carbocycles. The number of carboxylic acids is 1. The summed E-state index contributed by atoms with van der Waals surface area (Å²) in [5.41, 5.74) is 6.42. The monoisotopic (exact) mass is 453 g/mol. The van der Waals surface area contributed by atoms with Gasteiger partial charge in [0.25, 0.3) is 0 Å².